The highest BCUT2D eigenvalue weighted by atomic mass is 16.6. The van der Waals surface area contributed by atoms with Crippen molar-refractivity contribution in [2.45, 2.75) is 32.9 Å². The minimum Gasteiger partial charge on any atom is -0.455 e. The molecular weight excluding hydrogens is 182 g/mol. The zero-order valence-electron chi connectivity index (χ0n) is 8.63. The molecule has 0 amide bonds. The molecule has 0 saturated carbocycles. The number of hydrogen-bond donors (Lipinski definition) is 2. The number of nitrogens with one attached hydrogen (secondary N) is 1. The van der Waals surface area contributed by atoms with Crippen molar-refractivity contribution in [1.82, 2.24) is 10.2 Å². The molecule has 5 heteroatoms. The van der Waals surface area contributed by atoms with Crippen molar-refractivity contribution in [3.05, 3.63) is 17.5 Å². The van der Waals surface area contributed by atoms with Gasteiger partial charge in [-0.05, 0) is 20.8 Å². The number of ether oxygens (including phenoxy) is 1. The lowest BCUT2D eigenvalue weighted by Gasteiger charge is -2.19. The van der Waals surface area contributed by atoms with Crippen LogP contribution in [0.15, 0.2) is 6.20 Å². The quantitative estimate of drug-likeness (QED) is 0.688. The molecule has 14 heavy (non-hydrogen) atoms. The van der Waals surface area contributed by atoms with Crippen LogP contribution in [0.5, 0.6) is 0 Å². The van der Waals surface area contributed by atoms with Gasteiger partial charge in [-0.1, -0.05) is 0 Å². The van der Waals surface area contributed by atoms with E-state index in [-0.39, 0.29) is 6.54 Å². The molecule has 0 aliphatic heterocycles. The van der Waals surface area contributed by atoms with Gasteiger partial charge in [0.2, 0.25) is 0 Å². The van der Waals surface area contributed by atoms with Crippen molar-refractivity contribution >= 4 is 5.97 Å². The number of nitrogens with zero attached hydrogens (tertiary/aromatic N) is 1. The second-order valence-corrected chi connectivity index (χ2v) is 3.98. The fourth-order valence-corrected chi connectivity index (χ4v) is 0.972. The Morgan fingerprint density at radius 3 is 2.79 bits per heavy atom. The van der Waals surface area contributed by atoms with E-state index in [0.717, 1.165) is 0 Å². The van der Waals surface area contributed by atoms with Crippen molar-refractivity contribution in [1.29, 1.82) is 0 Å². The van der Waals surface area contributed by atoms with Gasteiger partial charge in [-0.25, -0.2) is 4.79 Å². The number of H-pyrrole nitrogens is 1. The number of aromatic nitrogens is 2. The summed E-state index contributed by atoms with van der Waals surface area (Å²) >= 11 is 0. The second-order valence-electron chi connectivity index (χ2n) is 3.98. The van der Waals surface area contributed by atoms with Crippen molar-refractivity contribution in [3.8, 4) is 0 Å². The van der Waals surface area contributed by atoms with Gasteiger partial charge in [0.05, 0.1) is 6.20 Å². The third kappa shape index (κ3) is 2.56. The molecule has 1 rings (SSSR count). The number of aromatic amines is 1. The number of carbonyl (C=O) groups is 1. The number of hydrogen-bond acceptors (Lipinski definition) is 4. The number of nitrogens with two attached hydrogens (primary N) is 1. The standard InChI is InChI=1S/C9H15N3O2/c1-9(2,3)14-8(13)7-6(4-10)5-11-12-7/h5H,4,10H2,1-3H3,(H,11,12). The van der Waals surface area contributed by atoms with Gasteiger partial charge in [0, 0.05) is 12.1 Å². The third-order valence-electron chi connectivity index (χ3n) is 1.54. The molecule has 0 fully saturated rings. The van der Waals surface area contributed by atoms with Crippen molar-refractivity contribution in [2.75, 3.05) is 0 Å². The summed E-state index contributed by atoms with van der Waals surface area (Å²) in [7, 11) is 0. The van der Waals surface area contributed by atoms with E-state index in [1.807, 2.05) is 20.8 Å². The summed E-state index contributed by atoms with van der Waals surface area (Å²) in [6.07, 6.45) is 1.53. The van der Waals surface area contributed by atoms with Crippen LogP contribution < -0.4 is 5.73 Å². The van der Waals surface area contributed by atoms with Crippen molar-refractivity contribution in [2.24, 2.45) is 5.73 Å². The normalized spacial score (nSPS) is 11.4. The molecular formula is C9H15N3O2. The van der Waals surface area contributed by atoms with Crippen LogP contribution in [-0.2, 0) is 11.3 Å². The molecule has 0 atom stereocenters. The first kappa shape index (κ1) is 10.7. The maximum absolute atomic E-state index is 11.6. The Morgan fingerprint density at radius 2 is 2.29 bits per heavy atom. The highest BCUT2D eigenvalue weighted by Crippen LogP contribution is 2.12. The zero-order valence-corrected chi connectivity index (χ0v) is 8.63. The first-order valence-corrected chi connectivity index (χ1v) is 4.39. The van der Waals surface area contributed by atoms with Gasteiger partial charge < -0.3 is 10.5 Å². The molecule has 1 heterocycles. The maximum atomic E-state index is 11.6. The summed E-state index contributed by atoms with van der Waals surface area (Å²) in [5.74, 6) is -0.421. The van der Waals surface area contributed by atoms with Gasteiger partial charge in [0.1, 0.15) is 11.3 Å². The minimum atomic E-state index is -0.506. The van der Waals surface area contributed by atoms with E-state index in [1.54, 1.807) is 0 Å². The van der Waals surface area contributed by atoms with Crippen LogP contribution in [0, 0.1) is 0 Å². The van der Waals surface area contributed by atoms with Gasteiger partial charge in [0.25, 0.3) is 0 Å². The van der Waals surface area contributed by atoms with Crippen LogP contribution in [0.1, 0.15) is 36.8 Å². The largest absolute Gasteiger partial charge is 0.455 e. The fraction of sp³-hybridized carbons (Fsp3) is 0.556. The SMILES string of the molecule is CC(C)(C)OC(=O)c1[nH]ncc1CN. The van der Waals surface area contributed by atoms with E-state index in [1.165, 1.54) is 6.20 Å². The van der Waals surface area contributed by atoms with Gasteiger partial charge >= 0.3 is 5.97 Å². The molecule has 78 valence electrons. The Bertz CT molecular complexity index is 325. The Morgan fingerprint density at radius 1 is 1.64 bits per heavy atom. The predicted molar refractivity (Wildman–Crippen MR) is 51.6 cm³/mol. The van der Waals surface area contributed by atoms with E-state index >= 15 is 0 Å². The monoisotopic (exact) mass is 197 g/mol. The summed E-state index contributed by atoms with van der Waals surface area (Å²) in [5, 5.41) is 6.31. The summed E-state index contributed by atoms with van der Waals surface area (Å²) in [5.41, 5.74) is 5.92. The molecule has 0 aromatic carbocycles. The lowest BCUT2D eigenvalue weighted by molar-refractivity contribution is 0.00617. The Hall–Kier alpha value is -1.36. The smallest absolute Gasteiger partial charge is 0.357 e. The molecule has 0 spiro atoms. The first-order chi connectivity index (χ1) is 6.44. The second kappa shape index (κ2) is 3.79. The van der Waals surface area contributed by atoms with Crippen LogP contribution >= 0.6 is 0 Å². The van der Waals surface area contributed by atoms with Crippen molar-refractivity contribution < 1.29 is 9.53 Å². The van der Waals surface area contributed by atoms with E-state index in [4.69, 9.17) is 10.5 Å². The molecule has 5 nitrogen and oxygen atoms in total. The first-order valence-electron chi connectivity index (χ1n) is 4.39. The lowest BCUT2D eigenvalue weighted by atomic mass is 10.2. The highest BCUT2D eigenvalue weighted by molar-refractivity contribution is 5.89. The molecule has 0 aliphatic carbocycles. The Kier molecular flexibility index (Phi) is 2.90. The zero-order chi connectivity index (χ0) is 10.8. The third-order valence-corrected chi connectivity index (χ3v) is 1.54. The number of rotatable bonds is 2. The maximum Gasteiger partial charge on any atom is 0.357 e. The Labute approximate surface area is 82.6 Å². The van der Waals surface area contributed by atoms with E-state index in [2.05, 4.69) is 10.2 Å². The molecule has 1 aromatic heterocycles. The van der Waals surface area contributed by atoms with Crippen LogP contribution in [0.3, 0.4) is 0 Å². The van der Waals surface area contributed by atoms with Crippen LogP contribution in [0.4, 0.5) is 0 Å². The fourth-order valence-electron chi connectivity index (χ4n) is 0.972. The molecule has 0 radical (unpaired) electrons. The molecule has 0 aliphatic rings. The van der Waals surface area contributed by atoms with Crippen LogP contribution in [-0.4, -0.2) is 21.8 Å². The number of esters is 1. The topological polar surface area (TPSA) is 81.0 Å². The summed E-state index contributed by atoms with van der Waals surface area (Å²) in [4.78, 5) is 11.6. The highest BCUT2D eigenvalue weighted by Gasteiger charge is 2.21. The molecule has 0 saturated heterocycles. The van der Waals surface area contributed by atoms with Crippen molar-refractivity contribution in [3.63, 3.8) is 0 Å². The molecule has 0 bridgehead atoms. The molecule has 0 unspecified atom stereocenters. The van der Waals surface area contributed by atoms with E-state index in [0.29, 0.717) is 11.3 Å². The van der Waals surface area contributed by atoms with Crippen LogP contribution in [0.25, 0.3) is 0 Å². The average molecular weight is 197 g/mol. The molecule has 1 aromatic rings. The van der Waals surface area contributed by atoms with Gasteiger partial charge in [-0.2, -0.15) is 5.10 Å². The summed E-state index contributed by atoms with van der Waals surface area (Å²) in [6, 6.07) is 0. The van der Waals surface area contributed by atoms with Gasteiger partial charge in [0.15, 0.2) is 0 Å². The van der Waals surface area contributed by atoms with Gasteiger partial charge in [-0.3, -0.25) is 5.10 Å². The summed E-state index contributed by atoms with van der Waals surface area (Å²) < 4.78 is 5.16. The van der Waals surface area contributed by atoms with E-state index in [9.17, 15) is 4.79 Å². The lowest BCUT2D eigenvalue weighted by Crippen LogP contribution is -2.25. The summed E-state index contributed by atoms with van der Waals surface area (Å²) in [6.45, 7) is 5.70. The predicted octanol–water partition coefficient (Wildman–Crippen LogP) is 0.824. The molecule has 3 N–H and O–H groups in total. The number of carbonyl (C=O) groups excluding carboxylic acids is 1. The van der Waals surface area contributed by atoms with E-state index < -0.39 is 11.6 Å². The Balaban J connectivity index is 2.80. The average Bonchev–Trinajstić information content (AvgIpc) is 2.47. The van der Waals surface area contributed by atoms with Crippen LogP contribution in [0.2, 0.25) is 0 Å². The minimum absolute atomic E-state index is 0.269. The van der Waals surface area contributed by atoms with Gasteiger partial charge in [-0.15, -0.1) is 0 Å².